The van der Waals surface area contributed by atoms with Crippen LogP contribution in [0, 0.1) is 46.3 Å². The number of fused-ring (bicyclic) bond motifs is 5. The molecule has 0 saturated heterocycles. The molecule has 0 aliphatic heterocycles. The Bertz CT molecular complexity index is 936. The molecule has 0 spiro atoms. The van der Waals surface area contributed by atoms with Gasteiger partial charge in [0.2, 0.25) is 5.91 Å². The van der Waals surface area contributed by atoms with Gasteiger partial charge in [-0.3, -0.25) is 4.79 Å². The Kier molecular flexibility index (Phi) is 9.96. The summed E-state index contributed by atoms with van der Waals surface area (Å²) >= 11 is 0. The average molecular weight is 554 g/mol. The largest absolute Gasteiger partial charge is 1.00 e. The van der Waals surface area contributed by atoms with Crippen molar-refractivity contribution in [2.75, 3.05) is 12.3 Å². The number of rotatable bonds is 7. The number of amides is 1. The minimum absolute atomic E-state index is 0. The van der Waals surface area contributed by atoms with E-state index in [9.17, 15) is 38.2 Å². The molecule has 208 valence electrons. The third-order valence-corrected chi connectivity index (χ3v) is 11.8. The van der Waals surface area contributed by atoms with Gasteiger partial charge in [0.15, 0.2) is 0 Å². The normalized spacial score (nSPS) is 46.1. The first-order chi connectivity index (χ1) is 16.7. The Morgan fingerprint density at radius 1 is 1.03 bits per heavy atom. The molecule has 0 aromatic heterocycles. The first kappa shape index (κ1) is 31.7. The number of nitrogens with one attached hydrogen (secondary N) is 1. The van der Waals surface area contributed by atoms with Crippen LogP contribution in [0.2, 0.25) is 0 Å². The first-order valence-corrected chi connectivity index (χ1v) is 15.2. The molecule has 4 aliphatic carbocycles. The zero-order chi connectivity index (χ0) is 26.6. The molecule has 0 radical (unpaired) electrons. The average Bonchev–Trinajstić information content (AvgIpc) is 3.15. The predicted molar refractivity (Wildman–Crippen MR) is 131 cm³/mol. The fourth-order valence-corrected chi connectivity index (χ4v) is 9.49. The monoisotopic (exact) mass is 553 g/mol. The summed E-state index contributed by atoms with van der Waals surface area (Å²) in [6, 6.07) is 0. The quantitative estimate of drug-likeness (QED) is 0.178. The van der Waals surface area contributed by atoms with Crippen molar-refractivity contribution in [1.82, 2.24) is 5.32 Å². The SMILES string of the molecule is C[C@H](CCC(=O)NCCS(=O)(=O)[O-])[C@H]1CC[C@H]2[C@@H]3[C@H](O)[C@H](O)[C@@H]4C[C@H](O)CC[C@]4(C)[C@H]3C[C@H](O)[C@]12C.[Na+]. The van der Waals surface area contributed by atoms with Crippen LogP contribution < -0.4 is 34.9 Å². The van der Waals surface area contributed by atoms with Gasteiger partial charge in [-0.2, -0.15) is 0 Å². The summed E-state index contributed by atoms with van der Waals surface area (Å²) in [4.78, 5) is 12.2. The van der Waals surface area contributed by atoms with E-state index < -0.39 is 45.7 Å². The smallest absolute Gasteiger partial charge is 0.748 e. The summed E-state index contributed by atoms with van der Waals surface area (Å²) in [6.07, 6.45) is 2.25. The topological polar surface area (TPSA) is 167 Å². The van der Waals surface area contributed by atoms with E-state index in [1.807, 2.05) is 0 Å². The van der Waals surface area contributed by atoms with Gasteiger partial charge >= 0.3 is 29.6 Å². The summed E-state index contributed by atoms with van der Waals surface area (Å²) in [5.74, 6) is -0.797. The van der Waals surface area contributed by atoms with E-state index in [0.29, 0.717) is 25.7 Å². The van der Waals surface area contributed by atoms with Gasteiger partial charge in [-0.05, 0) is 91.3 Å². The van der Waals surface area contributed by atoms with Crippen molar-refractivity contribution >= 4 is 16.0 Å². The molecule has 0 aromatic rings. The third kappa shape index (κ3) is 5.84. The zero-order valence-electron chi connectivity index (χ0n) is 22.7. The zero-order valence-corrected chi connectivity index (χ0v) is 25.5. The molecule has 4 aliphatic rings. The minimum Gasteiger partial charge on any atom is -0.748 e. The predicted octanol–water partition coefficient (Wildman–Crippen LogP) is -2.00. The molecule has 0 heterocycles. The standard InChI is InChI=1S/C26H45NO8S.Na/c1-14(4-7-21(30)27-10-11-36(33,34)35)16-5-6-17-22-18(13-20(29)26(16,17)3)25(2)9-8-15(28)12-19(25)23(31)24(22)32;/h14-20,22-24,28-29,31-32H,4-13H2,1-3H3,(H,27,30)(H,33,34,35);/q;+1/p-1/t14-,15-,16-,17+,18+,19+,20+,22+,23-,24+,25-,26-;/m1./s1. The molecule has 0 bridgehead atoms. The first-order valence-electron chi connectivity index (χ1n) is 13.6. The van der Waals surface area contributed by atoms with Gasteiger partial charge in [-0.15, -0.1) is 0 Å². The van der Waals surface area contributed by atoms with Crippen molar-refractivity contribution in [2.45, 2.75) is 96.6 Å². The van der Waals surface area contributed by atoms with Gasteiger partial charge in [-0.1, -0.05) is 20.8 Å². The van der Waals surface area contributed by atoms with Crippen LogP contribution >= 0.6 is 0 Å². The Labute approximate surface area is 243 Å². The maximum Gasteiger partial charge on any atom is 1.00 e. The second-order valence-electron chi connectivity index (χ2n) is 12.7. The van der Waals surface area contributed by atoms with Gasteiger partial charge < -0.3 is 30.3 Å². The van der Waals surface area contributed by atoms with Crippen LogP contribution in [0.25, 0.3) is 0 Å². The number of hydrogen-bond donors (Lipinski definition) is 5. The Morgan fingerprint density at radius 2 is 1.70 bits per heavy atom. The van der Waals surface area contributed by atoms with E-state index in [-0.39, 0.29) is 89.4 Å². The molecule has 4 fully saturated rings. The fraction of sp³-hybridized carbons (Fsp3) is 0.962. The summed E-state index contributed by atoms with van der Waals surface area (Å²) in [5, 5.41) is 46.9. The van der Waals surface area contributed by atoms with Gasteiger partial charge in [0.05, 0.1) is 40.3 Å². The Balaban J connectivity index is 0.00000380. The van der Waals surface area contributed by atoms with E-state index in [0.717, 1.165) is 19.3 Å². The van der Waals surface area contributed by atoms with E-state index >= 15 is 0 Å². The van der Waals surface area contributed by atoms with Crippen LogP contribution in [-0.4, -0.2) is 76.0 Å². The van der Waals surface area contributed by atoms with Crippen molar-refractivity contribution in [3.05, 3.63) is 0 Å². The second-order valence-corrected chi connectivity index (χ2v) is 14.3. The molecule has 5 N–H and O–H groups in total. The molecule has 0 aromatic carbocycles. The molecule has 0 unspecified atom stereocenters. The number of hydrogen-bond acceptors (Lipinski definition) is 8. The van der Waals surface area contributed by atoms with Crippen LogP contribution in [0.1, 0.15) is 72.1 Å². The van der Waals surface area contributed by atoms with Crippen LogP contribution in [-0.2, 0) is 14.9 Å². The van der Waals surface area contributed by atoms with Gasteiger partial charge in [0.1, 0.15) is 0 Å². The molecule has 9 nitrogen and oxygen atoms in total. The van der Waals surface area contributed by atoms with Crippen molar-refractivity contribution in [2.24, 2.45) is 46.3 Å². The summed E-state index contributed by atoms with van der Waals surface area (Å²) in [6.45, 7) is 6.18. The van der Waals surface area contributed by atoms with Crippen molar-refractivity contribution in [3.63, 3.8) is 0 Å². The number of carbonyl (C=O) groups excluding carboxylic acids is 1. The van der Waals surface area contributed by atoms with Gasteiger partial charge in [-0.25, -0.2) is 8.42 Å². The summed E-state index contributed by atoms with van der Waals surface area (Å²) in [7, 11) is -4.37. The molecule has 1 amide bonds. The van der Waals surface area contributed by atoms with Gasteiger partial charge in [0, 0.05) is 13.0 Å². The van der Waals surface area contributed by atoms with Crippen LogP contribution in [0.5, 0.6) is 0 Å². The van der Waals surface area contributed by atoms with Crippen LogP contribution in [0.4, 0.5) is 0 Å². The Morgan fingerprint density at radius 3 is 2.35 bits per heavy atom. The molecule has 4 rings (SSSR count). The van der Waals surface area contributed by atoms with E-state index in [4.69, 9.17) is 0 Å². The van der Waals surface area contributed by atoms with E-state index in [1.165, 1.54) is 0 Å². The maximum absolute atomic E-state index is 12.2. The summed E-state index contributed by atoms with van der Waals surface area (Å²) < 4.78 is 32.2. The Hall–Kier alpha value is 0.220. The fourth-order valence-electron chi connectivity index (χ4n) is 9.13. The van der Waals surface area contributed by atoms with E-state index in [2.05, 4.69) is 26.1 Å². The maximum atomic E-state index is 12.2. The molecular weight excluding hydrogens is 509 g/mol. The molecular formula is C26H44NNaO8S. The molecule has 4 saturated carbocycles. The summed E-state index contributed by atoms with van der Waals surface area (Å²) in [5.41, 5.74) is -0.671. The molecule has 12 atom stereocenters. The van der Waals surface area contributed by atoms with Crippen molar-refractivity contribution in [3.8, 4) is 0 Å². The van der Waals surface area contributed by atoms with Crippen molar-refractivity contribution < 1.29 is 67.7 Å². The van der Waals surface area contributed by atoms with Gasteiger partial charge in [0.25, 0.3) is 0 Å². The molecule has 37 heavy (non-hydrogen) atoms. The van der Waals surface area contributed by atoms with Crippen LogP contribution in [0.15, 0.2) is 0 Å². The second kappa shape index (κ2) is 11.6. The number of carbonyl (C=O) groups is 1. The molecule has 11 heteroatoms. The number of aliphatic hydroxyl groups is 4. The van der Waals surface area contributed by atoms with Crippen molar-refractivity contribution in [1.29, 1.82) is 0 Å². The minimum atomic E-state index is -4.37. The third-order valence-electron chi connectivity index (χ3n) is 11.1. The number of aliphatic hydroxyl groups excluding tert-OH is 4. The van der Waals surface area contributed by atoms with E-state index in [1.54, 1.807) is 0 Å². The van der Waals surface area contributed by atoms with Crippen LogP contribution in [0.3, 0.4) is 0 Å².